The number of carbonyl (C=O) groups is 1. The molecule has 1 aliphatic rings. The molecule has 16 heavy (non-hydrogen) atoms. The van der Waals surface area contributed by atoms with Crippen molar-refractivity contribution in [3.05, 3.63) is 36.2 Å². The fraction of sp³-hybridized carbons (Fsp3) is 0.333. The number of hydrogen-bond acceptors (Lipinski definition) is 4. The molecule has 0 saturated carbocycles. The van der Waals surface area contributed by atoms with Crippen LogP contribution in [0.1, 0.15) is 12.8 Å². The molecule has 1 N–H and O–H groups in total. The largest absolute Gasteiger partial charge is 0.425 e. The highest BCUT2D eigenvalue weighted by atomic mass is 16.5. The van der Waals surface area contributed by atoms with E-state index in [2.05, 4.69) is 16.4 Å². The first-order valence-electron chi connectivity index (χ1n) is 5.34. The van der Waals surface area contributed by atoms with E-state index in [0.717, 1.165) is 25.1 Å². The third-order valence-electron chi connectivity index (χ3n) is 2.34. The highest BCUT2D eigenvalue weighted by Crippen LogP contribution is 2.11. The molecule has 0 fully saturated rings. The zero-order chi connectivity index (χ0) is 11.2. The third kappa shape index (κ3) is 3.17. The average molecular weight is 218 g/mol. The Morgan fingerprint density at radius 3 is 3.19 bits per heavy atom. The number of esters is 1. The smallest absolute Gasteiger partial charge is 0.315 e. The van der Waals surface area contributed by atoms with Crippen molar-refractivity contribution in [3.8, 4) is 5.75 Å². The molecule has 84 valence electrons. The van der Waals surface area contributed by atoms with Gasteiger partial charge < -0.3 is 10.1 Å². The maximum absolute atomic E-state index is 11.6. The molecule has 0 aromatic carbocycles. The minimum Gasteiger partial charge on any atom is -0.425 e. The van der Waals surface area contributed by atoms with Crippen LogP contribution >= 0.6 is 0 Å². The number of aromatic nitrogens is 1. The normalized spacial score (nSPS) is 15.4. The van der Waals surface area contributed by atoms with Gasteiger partial charge in [0.15, 0.2) is 0 Å². The first-order chi connectivity index (χ1) is 7.84. The molecule has 0 bridgehead atoms. The van der Waals surface area contributed by atoms with Crippen LogP contribution in [-0.2, 0) is 4.79 Å². The summed E-state index contributed by atoms with van der Waals surface area (Å²) in [5.74, 6) is 0.264. The topological polar surface area (TPSA) is 51.2 Å². The fourth-order valence-corrected chi connectivity index (χ4v) is 1.59. The Kier molecular flexibility index (Phi) is 3.66. The molecule has 4 nitrogen and oxygen atoms in total. The van der Waals surface area contributed by atoms with Crippen molar-refractivity contribution in [1.82, 2.24) is 10.3 Å². The van der Waals surface area contributed by atoms with E-state index in [9.17, 15) is 4.79 Å². The van der Waals surface area contributed by atoms with Gasteiger partial charge in [0, 0.05) is 12.7 Å². The van der Waals surface area contributed by atoms with Crippen LogP contribution in [0, 0.1) is 0 Å². The van der Waals surface area contributed by atoms with Gasteiger partial charge in [0.2, 0.25) is 0 Å². The zero-order valence-corrected chi connectivity index (χ0v) is 8.98. The lowest BCUT2D eigenvalue weighted by molar-refractivity contribution is -0.133. The minimum absolute atomic E-state index is 0.233. The van der Waals surface area contributed by atoms with Crippen LogP contribution in [0.2, 0.25) is 0 Å². The van der Waals surface area contributed by atoms with Crippen LogP contribution in [0.5, 0.6) is 5.75 Å². The molecule has 1 aromatic heterocycles. The van der Waals surface area contributed by atoms with E-state index in [0.29, 0.717) is 12.2 Å². The van der Waals surface area contributed by atoms with E-state index in [1.54, 1.807) is 18.3 Å². The molecule has 1 aromatic rings. The van der Waals surface area contributed by atoms with E-state index in [1.165, 1.54) is 6.20 Å². The predicted molar refractivity (Wildman–Crippen MR) is 60.1 cm³/mol. The van der Waals surface area contributed by atoms with Crippen molar-refractivity contribution in [1.29, 1.82) is 0 Å². The van der Waals surface area contributed by atoms with Gasteiger partial charge in [-0.25, -0.2) is 0 Å². The Morgan fingerprint density at radius 2 is 2.50 bits per heavy atom. The number of rotatable bonds is 3. The van der Waals surface area contributed by atoms with Crippen molar-refractivity contribution >= 4 is 5.97 Å². The summed E-state index contributed by atoms with van der Waals surface area (Å²) in [6.07, 6.45) is 6.61. The summed E-state index contributed by atoms with van der Waals surface area (Å²) in [5, 5.41) is 3.22. The molecule has 0 saturated heterocycles. The van der Waals surface area contributed by atoms with Gasteiger partial charge in [-0.3, -0.25) is 9.78 Å². The number of hydrogen-bond donors (Lipinski definition) is 1. The number of pyridine rings is 1. The van der Waals surface area contributed by atoms with Crippen molar-refractivity contribution in [2.24, 2.45) is 0 Å². The summed E-state index contributed by atoms with van der Waals surface area (Å²) in [6.45, 7) is 1.77. The Labute approximate surface area is 94.3 Å². The second kappa shape index (κ2) is 5.42. The number of nitrogens with one attached hydrogen (secondary N) is 1. The van der Waals surface area contributed by atoms with Crippen LogP contribution in [0.4, 0.5) is 0 Å². The minimum atomic E-state index is -0.233. The van der Waals surface area contributed by atoms with E-state index in [1.807, 2.05) is 0 Å². The quantitative estimate of drug-likeness (QED) is 0.613. The SMILES string of the molecule is O=C(CC1=CCCNC1)Oc1cccnc1. The Balaban J connectivity index is 1.87. The molecule has 0 spiro atoms. The number of carbonyl (C=O) groups excluding carboxylic acids is 1. The van der Waals surface area contributed by atoms with Gasteiger partial charge in [-0.2, -0.15) is 0 Å². The highest BCUT2D eigenvalue weighted by Gasteiger charge is 2.10. The Hall–Kier alpha value is -1.68. The van der Waals surface area contributed by atoms with Gasteiger partial charge >= 0.3 is 5.97 Å². The van der Waals surface area contributed by atoms with Crippen LogP contribution in [-0.4, -0.2) is 24.0 Å². The van der Waals surface area contributed by atoms with Gasteiger partial charge in [-0.1, -0.05) is 6.08 Å². The average Bonchev–Trinajstić information content (AvgIpc) is 2.31. The van der Waals surface area contributed by atoms with E-state index >= 15 is 0 Å². The van der Waals surface area contributed by atoms with Gasteiger partial charge in [0.1, 0.15) is 5.75 Å². The predicted octanol–water partition coefficient (Wildman–Crippen LogP) is 1.30. The summed E-state index contributed by atoms with van der Waals surface area (Å²) < 4.78 is 5.15. The van der Waals surface area contributed by atoms with E-state index < -0.39 is 0 Å². The van der Waals surface area contributed by atoms with Crippen LogP contribution < -0.4 is 10.1 Å². The van der Waals surface area contributed by atoms with Gasteiger partial charge in [-0.15, -0.1) is 0 Å². The second-order valence-electron chi connectivity index (χ2n) is 3.67. The lowest BCUT2D eigenvalue weighted by atomic mass is 10.1. The first-order valence-corrected chi connectivity index (χ1v) is 5.34. The summed E-state index contributed by atoms with van der Waals surface area (Å²) in [5.41, 5.74) is 1.10. The maximum Gasteiger partial charge on any atom is 0.315 e. The highest BCUT2D eigenvalue weighted by molar-refractivity contribution is 5.75. The molecular formula is C12H14N2O2. The molecule has 0 radical (unpaired) electrons. The third-order valence-corrected chi connectivity index (χ3v) is 2.34. The van der Waals surface area contributed by atoms with E-state index in [-0.39, 0.29) is 5.97 Å². The Morgan fingerprint density at radius 1 is 1.56 bits per heavy atom. The Bertz CT molecular complexity index is 387. The molecule has 0 amide bonds. The molecule has 0 atom stereocenters. The number of ether oxygens (including phenoxy) is 1. The standard InChI is InChI=1S/C12H14N2O2/c15-12(7-10-3-1-5-13-8-10)16-11-4-2-6-14-9-11/h2-4,6,9,13H,1,5,7-8H2. The van der Waals surface area contributed by atoms with Crippen molar-refractivity contribution < 1.29 is 9.53 Å². The maximum atomic E-state index is 11.6. The van der Waals surface area contributed by atoms with Crippen LogP contribution in [0.15, 0.2) is 36.2 Å². The van der Waals surface area contributed by atoms with Crippen molar-refractivity contribution in [2.45, 2.75) is 12.8 Å². The summed E-state index contributed by atoms with van der Waals surface area (Å²) in [7, 11) is 0. The van der Waals surface area contributed by atoms with Crippen LogP contribution in [0.3, 0.4) is 0 Å². The van der Waals surface area contributed by atoms with E-state index in [4.69, 9.17) is 4.74 Å². The monoisotopic (exact) mass is 218 g/mol. The molecule has 1 aliphatic heterocycles. The van der Waals surface area contributed by atoms with Gasteiger partial charge in [0.25, 0.3) is 0 Å². The van der Waals surface area contributed by atoms with Crippen molar-refractivity contribution in [2.75, 3.05) is 13.1 Å². The van der Waals surface area contributed by atoms with Crippen LogP contribution in [0.25, 0.3) is 0 Å². The zero-order valence-electron chi connectivity index (χ0n) is 8.98. The molecular weight excluding hydrogens is 204 g/mol. The first kappa shape index (κ1) is 10.8. The molecule has 0 unspecified atom stereocenters. The second-order valence-corrected chi connectivity index (χ2v) is 3.67. The summed E-state index contributed by atoms with van der Waals surface area (Å²) >= 11 is 0. The molecule has 0 aliphatic carbocycles. The lowest BCUT2D eigenvalue weighted by Crippen LogP contribution is -2.24. The molecule has 4 heteroatoms. The fourth-order valence-electron chi connectivity index (χ4n) is 1.59. The molecule has 2 rings (SSSR count). The van der Waals surface area contributed by atoms with Crippen molar-refractivity contribution in [3.63, 3.8) is 0 Å². The summed E-state index contributed by atoms with van der Waals surface area (Å²) in [4.78, 5) is 15.4. The van der Waals surface area contributed by atoms with Gasteiger partial charge in [0.05, 0.1) is 12.6 Å². The van der Waals surface area contributed by atoms with Gasteiger partial charge in [-0.05, 0) is 30.7 Å². The number of nitrogens with zero attached hydrogens (tertiary/aromatic N) is 1. The molecule has 2 heterocycles. The summed E-state index contributed by atoms with van der Waals surface area (Å²) in [6, 6.07) is 3.46. The lowest BCUT2D eigenvalue weighted by Gasteiger charge is -2.13.